The summed E-state index contributed by atoms with van der Waals surface area (Å²) in [5.41, 5.74) is 1.00. The van der Waals surface area contributed by atoms with Gasteiger partial charge in [0.05, 0.1) is 24.3 Å². The second-order valence-electron chi connectivity index (χ2n) is 5.78. The Morgan fingerprint density at radius 1 is 1.21 bits per heavy atom. The van der Waals surface area contributed by atoms with Crippen molar-refractivity contribution in [3.8, 4) is 23.0 Å². The van der Waals surface area contributed by atoms with E-state index in [4.69, 9.17) is 30.2 Å². The van der Waals surface area contributed by atoms with E-state index in [-0.39, 0.29) is 16.5 Å². The molecule has 0 spiro atoms. The summed E-state index contributed by atoms with van der Waals surface area (Å²) in [6.45, 7) is 3.89. The SMILES string of the molecule is CCOc1c(Cl)cc(C(=O)O[C@H](C)c2nnc(-c3ccccc3)o2)cc1OC. The van der Waals surface area contributed by atoms with Gasteiger partial charge in [-0.15, -0.1) is 10.2 Å². The zero-order chi connectivity index (χ0) is 20.1. The molecule has 0 aliphatic carbocycles. The number of methoxy groups -OCH3 is 1. The predicted molar refractivity (Wildman–Crippen MR) is 103 cm³/mol. The van der Waals surface area contributed by atoms with E-state index in [2.05, 4.69) is 10.2 Å². The molecule has 1 heterocycles. The Bertz CT molecular complexity index is 958. The molecular formula is C20H19ClN2O5. The summed E-state index contributed by atoms with van der Waals surface area (Å²) in [6, 6.07) is 12.3. The van der Waals surface area contributed by atoms with E-state index in [0.717, 1.165) is 5.56 Å². The molecule has 1 atom stereocenters. The fraction of sp³-hybridized carbons (Fsp3) is 0.250. The smallest absolute Gasteiger partial charge is 0.339 e. The van der Waals surface area contributed by atoms with Crippen molar-refractivity contribution in [2.24, 2.45) is 0 Å². The van der Waals surface area contributed by atoms with Gasteiger partial charge in [0.2, 0.25) is 5.89 Å². The maximum atomic E-state index is 12.5. The summed E-state index contributed by atoms with van der Waals surface area (Å²) in [6.07, 6.45) is -0.742. The number of rotatable bonds is 7. The van der Waals surface area contributed by atoms with E-state index in [1.54, 1.807) is 6.92 Å². The van der Waals surface area contributed by atoms with Crippen LogP contribution in [0.2, 0.25) is 5.02 Å². The second kappa shape index (κ2) is 8.75. The number of carbonyl (C=O) groups is 1. The lowest BCUT2D eigenvalue weighted by atomic mass is 10.2. The van der Waals surface area contributed by atoms with Gasteiger partial charge in [-0.1, -0.05) is 29.8 Å². The molecule has 3 aromatic rings. The number of hydrogen-bond donors (Lipinski definition) is 0. The third-order valence-corrected chi connectivity index (χ3v) is 4.13. The third kappa shape index (κ3) is 4.26. The summed E-state index contributed by atoms with van der Waals surface area (Å²) in [7, 11) is 1.47. The van der Waals surface area contributed by atoms with Gasteiger partial charge in [-0.2, -0.15) is 0 Å². The number of esters is 1. The van der Waals surface area contributed by atoms with Crippen molar-refractivity contribution in [2.45, 2.75) is 20.0 Å². The van der Waals surface area contributed by atoms with Crippen LogP contribution < -0.4 is 9.47 Å². The van der Waals surface area contributed by atoms with E-state index < -0.39 is 12.1 Å². The first-order valence-electron chi connectivity index (χ1n) is 8.63. The van der Waals surface area contributed by atoms with Gasteiger partial charge in [0.25, 0.3) is 5.89 Å². The van der Waals surface area contributed by atoms with Gasteiger partial charge < -0.3 is 18.6 Å². The molecule has 1 aromatic heterocycles. The quantitative estimate of drug-likeness (QED) is 0.529. The number of hydrogen-bond acceptors (Lipinski definition) is 7. The highest BCUT2D eigenvalue weighted by Crippen LogP contribution is 2.37. The standard InChI is InChI=1S/C20H19ClN2O5/c1-4-26-17-15(21)10-14(11-16(17)25-3)20(24)27-12(2)18-22-23-19(28-18)13-8-6-5-7-9-13/h5-12H,4H2,1-3H3/t12-/m1/s1. The van der Waals surface area contributed by atoms with E-state index in [1.807, 2.05) is 37.3 Å². The van der Waals surface area contributed by atoms with Crippen molar-refractivity contribution in [3.05, 3.63) is 58.9 Å². The molecule has 0 bridgehead atoms. The van der Waals surface area contributed by atoms with E-state index in [9.17, 15) is 4.79 Å². The molecule has 0 fully saturated rings. The molecule has 28 heavy (non-hydrogen) atoms. The van der Waals surface area contributed by atoms with Crippen molar-refractivity contribution in [1.29, 1.82) is 0 Å². The Labute approximate surface area is 167 Å². The molecule has 8 heteroatoms. The molecule has 0 aliphatic heterocycles. The third-order valence-electron chi connectivity index (χ3n) is 3.85. The van der Waals surface area contributed by atoms with Crippen LogP contribution >= 0.6 is 11.6 Å². The lowest BCUT2D eigenvalue weighted by molar-refractivity contribution is 0.0279. The Balaban J connectivity index is 1.76. The van der Waals surface area contributed by atoms with Crippen molar-refractivity contribution < 1.29 is 23.4 Å². The van der Waals surface area contributed by atoms with Gasteiger partial charge in [0, 0.05) is 5.56 Å². The van der Waals surface area contributed by atoms with Crippen LogP contribution in [0.5, 0.6) is 11.5 Å². The van der Waals surface area contributed by atoms with Crippen molar-refractivity contribution in [2.75, 3.05) is 13.7 Å². The minimum Gasteiger partial charge on any atom is -0.493 e. The number of ether oxygens (including phenoxy) is 3. The zero-order valence-electron chi connectivity index (χ0n) is 15.6. The molecule has 0 saturated carbocycles. The number of nitrogens with zero attached hydrogens (tertiary/aromatic N) is 2. The first-order valence-corrected chi connectivity index (χ1v) is 9.01. The van der Waals surface area contributed by atoms with Gasteiger partial charge in [0.1, 0.15) is 0 Å². The monoisotopic (exact) mass is 402 g/mol. The summed E-state index contributed by atoms with van der Waals surface area (Å²) in [5.74, 6) is 0.662. The fourth-order valence-corrected chi connectivity index (χ4v) is 2.76. The highest BCUT2D eigenvalue weighted by Gasteiger charge is 2.22. The Morgan fingerprint density at radius 3 is 2.64 bits per heavy atom. The molecule has 146 valence electrons. The lowest BCUT2D eigenvalue weighted by Crippen LogP contribution is -2.10. The van der Waals surface area contributed by atoms with Crippen LogP contribution in [0.1, 0.15) is 36.2 Å². The van der Waals surface area contributed by atoms with E-state index in [1.165, 1.54) is 19.2 Å². The predicted octanol–water partition coefficient (Wildman–Crippen LogP) is 4.72. The summed E-state index contributed by atoms with van der Waals surface area (Å²) in [5, 5.41) is 8.21. The van der Waals surface area contributed by atoms with Crippen LogP contribution in [-0.4, -0.2) is 29.9 Å². The van der Waals surface area contributed by atoms with Crippen LogP contribution in [0.3, 0.4) is 0 Å². The first-order chi connectivity index (χ1) is 13.5. The molecule has 0 radical (unpaired) electrons. The molecule has 0 unspecified atom stereocenters. The summed E-state index contributed by atoms with van der Waals surface area (Å²) < 4.78 is 21.8. The zero-order valence-corrected chi connectivity index (χ0v) is 16.4. The lowest BCUT2D eigenvalue weighted by Gasteiger charge is -2.14. The van der Waals surface area contributed by atoms with Crippen LogP contribution in [0.15, 0.2) is 46.9 Å². The van der Waals surface area contributed by atoms with E-state index in [0.29, 0.717) is 24.0 Å². The molecule has 0 aliphatic rings. The van der Waals surface area contributed by atoms with Gasteiger partial charge in [-0.25, -0.2) is 4.79 Å². The van der Waals surface area contributed by atoms with Gasteiger partial charge in [-0.3, -0.25) is 0 Å². The maximum Gasteiger partial charge on any atom is 0.339 e. The van der Waals surface area contributed by atoms with Crippen molar-refractivity contribution >= 4 is 17.6 Å². The Kier molecular flexibility index (Phi) is 6.16. The normalized spacial score (nSPS) is 11.7. The number of carbonyl (C=O) groups excluding carboxylic acids is 1. The maximum absolute atomic E-state index is 12.5. The number of benzene rings is 2. The molecule has 3 rings (SSSR count). The second-order valence-corrected chi connectivity index (χ2v) is 6.19. The topological polar surface area (TPSA) is 83.7 Å². The number of halogens is 1. The fourth-order valence-electron chi connectivity index (χ4n) is 2.50. The highest BCUT2D eigenvalue weighted by molar-refractivity contribution is 6.32. The molecule has 0 saturated heterocycles. The molecule has 0 N–H and O–H groups in total. The average Bonchev–Trinajstić information content (AvgIpc) is 3.20. The molecule has 7 nitrogen and oxygen atoms in total. The van der Waals surface area contributed by atoms with Crippen LogP contribution in [0, 0.1) is 0 Å². The van der Waals surface area contributed by atoms with Crippen LogP contribution in [0.4, 0.5) is 0 Å². The highest BCUT2D eigenvalue weighted by atomic mass is 35.5. The van der Waals surface area contributed by atoms with Crippen LogP contribution in [-0.2, 0) is 4.74 Å². The first kappa shape index (κ1) is 19.7. The summed E-state index contributed by atoms with van der Waals surface area (Å²) in [4.78, 5) is 12.5. The average molecular weight is 403 g/mol. The summed E-state index contributed by atoms with van der Waals surface area (Å²) >= 11 is 6.21. The minimum atomic E-state index is -0.742. The minimum absolute atomic E-state index is 0.191. The van der Waals surface area contributed by atoms with Gasteiger partial charge in [0.15, 0.2) is 17.6 Å². The molecule has 2 aromatic carbocycles. The number of aromatic nitrogens is 2. The van der Waals surface area contributed by atoms with Gasteiger partial charge in [-0.05, 0) is 38.1 Å². The van der Waals surface area contributed by atoms with Gasteiger partial charge >= 0.3 is 5.97 Å². The van der Waals surface area contributed by atoms with Crippen molar-refractivity contribution in [3.63, 3.8) is 0 Å². The molecule has 0 amide bonds. The largest absolute Gasteiger partial charge is 0.493 e. The Morgan fingerprint density at radius 2 is 1.96 bits per heavy atom. The molecular weight excluding hydrogens is 384 g/mol. The van der Waals surface area contributed by atoms with Crippen LogP contribution in [0.25, 0.3) is 11.5 Å². The van der Waals surface area contributed by atoms with Crippen molar-refractivity contribution in [1.82, 2.24) is 10.2 Å². The van der Waals surface area contributed by atoms with E-state index >= 15 is 0 Å². The Hall–Kier alpha value is -3.06.